The van der Waals surface area contributed by atoms with Gasteiger partial charge < -0.3 is 13.9 Å². The maximum absolute atomic E-state index is 13.9. The standard InChI is InChI=1S/C18H14BrF2NO3/c1-10-13(20)7-8-14(16(10)21)24-9-15-22-17(18(19)25-15)11-3-5-12(23-2)6-4-11/h3-8H,9H2,1-2H3. The molecule has 0 aliphatic rings. The minimum Gasteiger partial charge on any atom is -0.497 e. The fourth-order valence-electron chi connectivity index (χ4n) is 2.22. The quantitative estimate of drug-likeness (QED) is 0.574. The fourth-order valence-corrected chi connectivity index (χ4v) is 2.72. The Morgan fingerprint density at radius 2 is 1.84 bits per heavy atom. The molecule has 0 amide bonds. The Kier molecular flexibility index (Phi) is 5.03. The third-order valence-electron chi connectivity index (χ3n) is 3.63. The number of oxazole rings is 1. The van der Waals surface area contributed by atoms with Crippen molar-refractivity contribution in [2.24, 2.45) is 0 Å². The van der Waals surface area contributed by atoms with Crippen LogP contribution in [0.15, 0.2) is 45.5 Å². The van der Waals surface area contributed by atoms with E-state index in [1.807, 2.05) is 24.3 Å². The smallest absolute Gasteiger partial charge is 0.234 e. The lowest BCUT2D eigenvalue weighted by Gasteiger charge is -2.07. The van der Waals surface area contributed by atoms with Gasteiger partial charge in [0, 0.05) is 11.1 Å². The molecule has 0 atom stereocenters. The zero-order valence-electron chi connectivity index (χ0n) is 13.5. The summed E-state index contributed by atoms with van der Waals surface area (Å²) in [6, 6.07) is 9.69. The number of aromatic nitrogens is 1. The molecular formula is C18H14BrF2NO3. The molecule has 0 unspecified atom stereocenters. The van der Waals surface area contributed by atoms with E-state index in [0.29, 0.717) is 10.4 Å². The SMILES string of the molecule is COc1ccc(-c2nc(COc3ccc(F)c(C)c3F)oc2Br)cc1. The van der Waals surface area contributed by atoms with Crippen LogP contribution < -0.4 is 9.47 Å². The molecule has 0 aliphatic heterocycles. The molecule has 4 nitrogen and oxygen atoms in total. The summed E-state index contributed by atoms with van der Waals surface area (Å²) in [6.07, 6.45) is 0. The van der Waals surface area contributed by atoms with E-state index >= 15 is 0 Å². The first-order valence-electron chi connectivity index (χ1n) is 7.36. The second kappa shape index (κ2) is 7.23. The second-order valence-corrected chi connectivity index (χ2v) is 5.95. The number of hydrogen-bond donors (Lipinski definition) is 0. The molecule has 0 N–H and O–H groups in total. The third-order valence-corrected chi connectivity index (χ3v) is 4.17. The van der Waals surface area contributed by atoms with Crippen LogP contribution in [0, 0.1) is 18.6 Å². The molecule has 7 heteroatoms. The third kappa shape index (κ3) is 3.66. The fraction of sp³-hybridized carbons (Fsp3) is 0.167. The van der Waals surface area contributed by atoms with Crippen molar-refractivity contribution < 1.29 is 22.7 Å². The van der Waals surface area contributed by atoms with E-state index in [1.165, 1.54) is 13.0 Å². The van der Waals surface area contributed by atoms with E-state index in [-0.39, 0.29) is 23.8 Å². The van der Waals surface area contributed by atoms with Crippen molar-refractivity contribution >= 4 is 15.9 Å². The molecule has 130 valence electrons. The van der Waals surface area contributed by atoms with Crippen molar-refractivity contribution in [1.29, 1.82) is 0 Å². The van der Waals surface area contributed by atoms with E-state index in [0.717, 1.165) is 17.4 Å². The molecule has 1 aromatic heterocycles. The molecule has 3 rings (SSSR count). The molecule has 3 aromatic rings. The predicted octanol–water partition coefficient (Wildman–Crippen LogP) is 5.28. The van der Waals surface area contributed by atoms with Crippen LogP contribution in [-0.4, -0.2) is 12.1 Å². The van der Waals surface area contributed by atoms with Crippen molar-refractivity contribution in [2.45, 2.75) is 13.5 Å². The van der Waals surface area contributed by atoms with E-state index in [1.54, 1.807) is 7.11 Å². The minimum atomic E-state index is -0.735. The van der Waals surface area contributed by atoms with Crippen molar-refractivity contribution in [3.05, 3.63) is 64.2 Å². The van der Waals surface area contributed by atoms with Gasteiger partial charge in [0.2, 0.25) is 5.89 Å². The van der Waals surface area contributed by atoms with Gasteiger partial charge in [-0.15, -0.1) is 0 Å². The van der Waals surface area contributed by atoms with Gasteiger partial charge in [0.1, 0.15) is 17.3 Å². The van der Waals surface area contributed by atoms with Crippen molar-refractivity contribution in [1.82, 2.24) is 4.98 Å². The van der Waals surface area contributed by atoms with Gasteiger partial charge in [0.05, 0.1) is 7.11 Å². The highest BCUT2D eigenvalue weighted by molar-refractivity contribution is 9.10. The molecule has 25 heavy (non-hydrogen) atoms. The molecule has 0 spiro atoms. The van der Waals surface area contributed by atoms with Gasteiger partial charge in [0.15, 0.2) is 22.8 Å². The molecule has 2 aromatic carbocycles. The number of hydrogen-bond acceptors (Lipinski definition) is 4. The Hall–Kier alpha value is -2.41. The Balaban J connectivity index is 1.77. The first kappa shape index (κ1) is 17.4. The largest absolute Gasteiger partial charge is 0.497 e. The van der Waals surface area contributed by atoms with Crippen LogP contribution in [0.5, 0.6) is 11.5 Å². The molecule has 1 heterocycles. The van der Waals surface area contributed by atoms with Gasteiger partial charge in [-0.05, 0) is 59.3 Å². The van der Waals surface area contributed by atoms with Gasteiger partial charge in [-0.1, -0.05) is 0 Å². The number of ether oxygens (including phenoxy) is 2. The van der Waals surface area contributed by atoms with E-state index in [2.05, 4.69) is 20.9 Å². The molecule has 0 radical (unpaired) electrons. The lowest BCUT2D eigenvalue weighted by molar-refractivity contribution is 0.248. The van der Waals surface area contributed by atoms with Crippen LogP contribution in [0.3, 0.4) is 0 Å². The molecular weight excluding hydrogens is 396 g/mol. The Bertz CT molecular complexity index is 894. The second-order valence-electron chi connectivity index (χ2n) is 5.23. The first-order valence-corrected chi connectivity index (χ1v) is 8.16. The number of methoxy groups -OCH3 is 1. The van der Waals surface area contributed by atoms with Crippen molar-refractivity contribution in [2.75, 3.05) is 7.11 Å². The lowest BCUT2D eigenvalue weighted by atomic mass is 10.2. The van der Waals surface area contributed by atoms with Crippen LogP contribution in [0.25, 0.3) is 11.3 Å². The van der Waals surface area contributed by atoms with Gasteiger partial charge >= 0.3 is 0 Å². The van der Waals surface area contributed by atoms with E-state index in [4.69, 9.17) is 13.9 Å². The monoisotopic (exact) mass is 409 g/mol. The molecule has 0 aliphatic carbocycles. The van der Waals surface area contributed by atoms with E-state index < -0.39 is 11.6 Å². The number of rotatable bonds is 5. The van der Waals surface area contributed by atoms with Crippen LogP contribution in [0.2, 0.25) is 0 Å². The zero-order valence-corrected chi connectivity index (χ0v) is 15.1. The maximum atomic E-state index is 13.9. The highest BCUT2D eigenvalue weighted by Crippen LogP contribution is 2.30. The average Bonchev–Trinajstić information content (AvgIpc) is 3.00. The summed E-state index contributed by atoms with van der Waals surface area (Å²) in [4.78, 5) is 4.34. The average molecular weight is 410 g/mol. The Morgan fingerprint density at radius 3 is 2.52 bits per heavy atom. The number of benzene rings is 2. The van der Waals surface area contributed by atoms with Crippen LogP contribution in [-0.2, 0) is 6.61 Å². The van der Waals surface area contributed by atoms with Crippen molar-refractivity contribution in [3.63, 3.8) is 0 Å². The highest BCUT2D eigenvalue weighted by atomic mass is 79.9. The van der Waals surface area contributed by atoms with E-state index in [9.17, 15) is 8.78 Å². The maximum Gasteiger partial charge on any atom is 0.234 e. The number of nitrogens with zero attached hydrogens (tertiary/aromatic N) is 1. The Morgan fingerprint density at radius 1 is 1.12 bits per heavy atom. The summed E-state index contributed by atoms with van der Waals surface area (Å²) in [7, 11) is 1.59. The van der Waals surface area contributed by atoms with Crippen LogP contribution >= 0.6 is 15.9 Å². The topological polar surface area (TPSA) is 44.5 Å². The summed E-state index contributed by atoms with van der Waals surface area (Å²) in [5.74, 6) is -0.418. The zero-order chi connectivity index (χ0) is 18.0. The summed E-state index contributed by atoms with van der Waals surface area (Å²) < 4.78 is 43.6. The minimum absolute atomic E-state index is 0.0563. The Labute approximate surface area is 151 Å². The summed E-state index contributed by atoms with van der Waals surface area (Å²) in [5.41, 5.74) is 1.33. The van der Waals surface area contributed by atoms with Crippen molar-refractivity contribution in [3.8, 4) is 22.8 Å². The number of halogens is 3. The summed E-state index contributed by atoms with van der Waals surface area (Å²) >= 11 is 3.31. The van der Waals surface area contributed by atoms with Crippen LogP contribution in [0.1, 0.15) is 11.5 Å². The van der Waals surface area contributed by atoms with Crippen LogP contribution in [0.4, 0.5) is 8.78 Å². The molecule has 0 fully saturated rings. The normalized spacial score (nSPS) is 10.8. The van der Waals surface area contributed by atoms with Gasteiger partial charge in [0.25, 0.3) is 0 Å². The highest BCUT2D eigenvalue weighted by Gasteiger charge is 2.16. The summed E-state index contributed by atoms with van der Waals surface area (Å²) in [5, 5.41) is 0. The molecule has 0 bridgehead atoms. The van der Waals surface area contributed by atoms with Gasteiger partial charge in [-0.25, -0.2) is 13.8 Å². The van der Waals surface area contributed by atoms with Gasteiger partial charge in [-0.2, -0.15) is 0 Å². The summed E-state index contributed by atoms with van der Waals surface area (Å²) in [6.45, 7) is 1.26. The molecule has 0 saturated heterocycles. The predicted molar refractivity (Wildman–Crippen MR) is 91.6 cm³/mol. The lowest BCUT2D eigenvalue weighted by Crippen LogP contribution is -2.00. The first-order chi connectivity index (χ1) is 12.0. The van der Waals surface area contributed by atoms with Gasteiger partial charge in [-0.3, -0.25) is 0 Å². The molecule has 0 saturated carbocycles.